The quantitative estimate of drug-likeness (QED) is 0.346. The van der Waals surface area contributed by atoms with Gasteiger partial charge in [0.05, 0.1) is 36.0 Å². The molecule has 0 spiro atoms. The number of rotatable bonds is 8. The average Bonchev–Trinajstić information content (AvgIpc) is 3.36. The second-order valence-corrected chi connectivity index (χ2v) is 9.57. The van der Waals surface area contributed by atoms with Gasteiger partial charge in [-0.2, -0.15) is 5.10 Å². The van der Waals surface area contributed by atoms with Crippen LogP contribution in [0.25, 0.3) is 10.2 Å². The minimum atomic E-state index is 0.0202. The first-order chi connectivity index (χ1) is 15.9. The average molecular weight is 463 g/mol. The van der Waals surface area contributed by atoms with E-state index in [1.54, 1.807) is 18.4 Å². The van der Waals surface area contributed by atoms with Crippen molar-refractivity contribution in [3.63, 3.8) is 0 Å². The Hall–Kier alpha value is -3.19. The van der Waals surface area contributed by atoms with Crippen molar-refractivity contribution in [1.82, 2.24) is 14.8 Å². The first-order valence-corrected chi connectivity index (χ1v) is 12.0. The molecule has 6 nitrogen and oxygen atoms in total. The summed E-state index contributed by atoms with van der Waals surface area (Å²) in [5, 5.41) is 5.30. The van der Waals surface area contributed by atoms with Crippen LogP contribution >= 0.6 is 11.3 Å². The molecule has 2 aromatic carbocycles. The lowest BCUT2D eigenvalue weighted by Gasteiger charge is -2.20. The molecule has 4 aromatic rings. The van der Waals surface area contributed by atoms with Crippen LogP contribution < -0.4 is 9.64 Å². The summed E-state index contributed by atoms with van der Waals surface area (Å²) in [6.07, 6.45) is 0.300. The molecule has 2 heterocycles. The SMILES string of the molecule is COc1ccc(CC(=O)N(CCn2nc(C)cc2C)c2nc3c(C(C)C)cccc3s2)cc1. The number of carbonyl (C=O) groups is 1. The van der Waals surface area contributed by atoms with E-state index in [0.29, 0.717) is 25.4 Å². The van der Waals surface area contributed by atoms with Crippen molar-refractivity contribution in [2.75, 3.05) is 18.6 Å². The number of nitrogens with zero attached hydrogens (tertiary/aromatic N) is 4. The third kappa shape index (κ3) is 5.09. The summed E-state index contributed by atoms with van der Waals surface area (Å²) in [6, 6.07) is 16.0. The first kappa shape index (κ1) is 23.0. The minimum absolute atomic E-state index is 0.0202. The number of thiazole rings is 1. The number of aromatic nitrogens is 3. The molecule has 0 aliphatic rings. The van der Waals surface area contributed by atoms with Crippen molar-refractivity contribution in [2.24, 2.45) is 0 Å². The van der Waals surface area contributed by atoms with E-state index >= 15 is 0 Å². The molecule has 172 valence electrons. The first-order valence-electron chi connectivity index (χ1n) is 11.2. The molecule has 0 unspecified atom stereocenters. The molecule has 0 fully saturated rings. The van der Waals surface area contributed by atoms with Crippen molar-refractivity contribution >= 4 is 32.6 Å². The summed E-state index contributed by atoms with van der Waals surface area (Å²) in [5.41, 5.74) is 5.20. The van der Waals surface area contributed by atoms with E-state index in [4.69, 9.17) is 9.72 Å². The molecule has 1 amide bonds. The summed E-state index contributed by atoms with van der Waals surface area (Å²) in [4.78, 5) is 20.3. The Balaban J connectivity index is 1.65. The van der Waals surface area contributed by atoms with Gasteiger partial charge in [0, 0.05) is 12.2 Å². The van der Waals surface area contributed by atoms with E-state index in [2.05, 4.69) is 43.2 Å². The van der Waals surface area contributed by atoms with E-state index in [1.807, 2.05) is 47.7 Å². The molecule has 0 saturated heterocycles. The lowest BCUT2D eigenvalue weighted by molar-refractivity contribution is -0.118. The molecule has 0 aliphatic carbocycles. The number of carbonyl (C=O) groups excluding carboxylic acids is 1. The highest BCUT2D eigenvalue weighted by Gasteiger charge is 2.22. The number of hydrogen-bond donors (Lipinski definition) is 0. The fraction of sp³-hybridized carbons (Fsp3) is 0.346. The molecule has 0 aliphatic heterocycles. The monoisotopic (exact) mass is 462 g/mol. The second kappa shape index (κ2) is 9.75. The largest absolute Gasteiger partial charge is 0.497 e. The van der Waals surface area contributed by atoms with Gasteiger partial charge in [-0.05, 0) is 55.2 Å². The van der Waals surface area contributed by atoms with Gasteiger partial charge in [0.15, 0.2) is 5.13 Å². The summed E-state index contributed by atoms with van der Waals surface area (Å²) in [6.45, 7) is 9.48. The van der Waals surface area contributed by atoms with E-state index in [1.165, 1.54) is 5.56 Å². The van der Waals surface area contributed by atoms with E-state index < -0.39 is 0 Å². The van der Waals surface area contributed by atoms with Crippen LogP contribution in [0.15, 0.2) is 48.5 Å². The maximum atomic E-state index is 13.5. The smallest absolute Gasteiger partial charge is 0.233 e. The number of para-hydroxylation sites is 1. The predicted octanol–water partition coefficient (Wildman–Crippen LogP) is 5.52. The van der Waals surface area contributed by atoms with Crippen LogP contribution in [-0.4, -0.2) is 34.3 Å². The minimum Gasteiger partial charge on any atom is -0.497 e. The van der Waals surface area contributed by atoms with Gasteiger partial charge >= 0.3 is 0 Å². The number of methoxy groups -OCH3 is 1. The van der Waals surface area contributed by atoms with Gasteiger partial charge in [-0.15, -0.1) is 0 Å². The van der Waals surface area contributed by atoms with Gasteiger partial charge in [0.2, 0.25) is 5.91 Å². The Morgan fingerprint density at radius 1 is 1.15 bits per heavy atom. The van der Waals surface area contributed by atoms with Gasteiger partial charge < -0.3 is 4.74 Å². The molecule has 7 heteroatoms. The van der Waals surface area contributed by atoms with Crippen LogP contribution in [0.3, 0.4) is 0 Å². The predicted molar refractivity (Wildman–Crippen MR) is 134 cm³/mol. The third-order valence-electron chi connectivity index (χ3n) is 5.75. The highest BCUT2D eigenvalue weighted by Crippen LogP contribution is 2.34. The lowest BCUT2D eigenvalue weighted by Crippen LogP contribution is -2.35. The topological polar surface area (TPSA) is 60.2 Å². The van der Waals surface area contributed by atoms with Crippen LogP contribution in [0, 0.1) is 13.8 Å². The van der Waals surface area contributed by atoms with Crippen LogP contribution in [0.5, 0.6) is 5.75 Å². The van der Waals surface area contributed by atoms with Crippen molar-refractivity contribution in [3.05, 3.63) is 71.0 Å². The number of anilines is 1. The Labute approximate surface area is 198 Å². The normalized spacial score (nSPS) is 11.3. The fourth-order valence-electron chi connectivity index (χ4n) is 3.98. The molecular weight excluding hydrogens is 432 g/mol. The molecule has 2 aromatic heterocycles. The zero-order valence-electron chi connectivity index (χ0n) is 19.8. The van der Waals surface area contributed by atoms with E-state index in [9.17, 15) is 4.79 Å². The third-order valence-corrected chi connectivity index (χ3v) is 6.79. The van der Waals surface area contributed by atoms with Crippen molar-refractivity contribution in [3.8, 4) is 5.75 Å². The van der Waals surface area contributed by atoms with Crippen LogP contribution in [0.2, 0.25) is 0 Å². The Bertz CT molecular complexity index is 1260. The number of aryl methyl sites for hydroxylation is 2. The molecule has 0 radical (unpaired) electrons. The number of amides is 1. The number of hydrogen-bond acceptors (Lipinski definition) is 5. The summed E-state index contributed by atoms with van der Waals surface area (Å²) < 4.78 is 8.30. The summed E-state index contributed by atoms with van der Waals surface area (Å²) in [7, 11) is 1.64. The van der Waals surface area contributed by atoms with Crippen LogP contribution in [-0.2, 0) is 17.8 Å². The highest BCUT2D eigenvalue weighted by atomic mass is 32.1. The standard InChI is InChI=1S/C26H30N4O2S/c1-17(2)22-7-6-8-23-25(22)27-26(33-23)29(13-14-30-19(4)15-18(3)28-30)24(31)16-20-9-11-21(32-5)12-10-20/h6-12,15,17H,13-14,16H2,1-5H3. The van der Waals surface area contributed by atoms with E-state index in [0.717, 1.165) is 38.0 Å². The number of fused-ring (bicyclic) bond motifs is 1. The van der Waals surface area contributed by atoms with E-state index in [-0.39, 0.29) is 5.91 Å². The maximum Gasteiger partial charge on any atom is 0.233 e. The second-order valence-electron chi connectivity index (χ2n) is 8.57. The Morgan fingerprint density at radius 3 is 2.55 bits per heavy atom. The zero-order valence-corrected chi connectivity index (χ0v) is 20.6. The lowest BCUT2D eigenvalue weighted by atomic mass is 10.0. The molecule has 0 saturated carbocycles. The fourth-order valence-corrected chi connectivity index (χ4v) is 5.02. The molecule has 4 rings (SSSR count). The van der Waals surface area contributed by atoms with Gasteiger partial charge in [-0.1, -0.05) is 49.4 Å². The van der Waals surface area contributed by atoms with Crippen molar-refractivity contribution in [2.45, 2.75) is 46.6 Å². The Kier molecular flexibility index (Phi) is 6.79. The number of benzene rings is 2. The van der Waals surface area contributed by atoms with Gasteiger partial charge in [-0.25, -0.2) is 4.98 Å². The zero-order chi connectivity index (χ0) is 23.5. The Morgan fingerprint density at radius 2 is 1.91 bits per heavy atom. The van der Waals surface area contributed by atoms with Crippen LogP contribution in [0.1, 0.15) is 42.3 Å². The molecule has 33 heavy (non-hydrogen) atoms. The molecular formula is C26H30N4O2S. The highest BCUT2D eigenvalue weighted by molar-refractivity contribution is 7.22. The van der Waals surface area contributed by atoms with Gasteiger partial charge in [0.25, 0.3) is 0 Å². The molecule has 0 atom stereocenters. The number of ether oxygens (including phenoxy) is 1. The summed E-state index contributed by atoms with van der Waals surface area (Å²) >= 11 is 1.57. The van der Waals surface area contributed by atoms with Gasteiger partial charge in [-0.3, -0.25) is 14.4 Å². The van der Waals surface area contributed by atoms with Gasteiger partial charge in [0.1, 0.15) is 5.75 Å². The van der Waals surface area contributed by atoms with Crippen molar-refractivity contribution < 1.29 is 9.53 Å². The maximum absolute atomic E-state index is 13.5. The molecule has 0 bridgehead atoms. The summed E-state index contributed by atoms with van der Waals surface area (Å²) in [5.74, 6) is 1.16. The van der Waals surface area contributed by atoms with Crippen molar-refractivity contribution in [1.29, 1.82) is 0 Å². The molecule has 0 N–H and O–H groups in total. The van der Waals surface area contributed by atoms with Crippen LogP contribution in [0.4, 0.5) is 5.13 Å².